The molecule has 20 heavy (non-hydrogen) atoms. The summed E-state index contributed by atoms with van der Waals surface area (Å²) in [5, 5.41) is 5.86. The highest BCUT2D eigenvalue weighted by atomic mass is 19.1. The summed E-state index contributed by atoms with van der Waals surface area (Å²) < 4.78 is 13.0. The van der Waals surface area contributed by atoms with Gasteiger partial charge in [-0.2, -0.15) is 0 Å². The number of hydrogen-bond donors (Lipinski definition) is 2. The molecule has 1 aromatic carbocycles. The quantitative estimate of drug-likeness (QED) is 0.764. The Morgan fingerprint density at radius 2 is 2.00 bits per heavy atom. The molecule has 1 amide bonds. The molecular formula is C16H25FN2O. The molecule has 0 heterocycles. The molecule has 4 heteroatoms. The van der Waals surface area contributed by atoms with Crippen LogP contribution >= 0.6 is 0 Å². The van der Waals surface area contributed by atoms with E-state index >= 15 is 0 Å². The third-order valence-electron chi connectivity index (χ3n) is 3.14. The Kier molecular flexibility index (Phi) is 7.23. The molecule has 0 aromatic heterocycles. The summed E-state index contributed by atoms with van der Waals surface area (Å²) in [4.78, 5) is 11.7. The number of rotatable bonds is 8. The van der Waals surface area contributed by atoms with Crippen molar-refractivity contribution in [2.24, 2.45) is 5.92 Å². The smallest absolute Gasteiger partial charge is 0.238 e. The van der Waals surface area contributed by atoms with Crippen molar-refractivity contribution in [2.45, 2.75) is 46.1 Å². The minimum atomic E-state index is -0.349. The van der Waals surface area contributed by atoms with Crippen LogP contribution in [0.25, 0.3) is 0 Å². The van der Waals surface area contributed by atoms with Crippen LogP contribution < -0.4 is 10.6 Å². The van der Waals surface area contributed by atoms with Crippen molar-refractivity contribution in [3.8, 4) is 0 Å². The molecule has 3 nitrogen and oxygen atoms in total. The lowest BCUT2D eigenvalue weighted by atomic mass is 10.0. The van der Waals surface area contributed by atoms with Crippen molar-refractivity contribution >= 4 is 11.6 Å². The number of anilines is 1. The van der Waals surface area contributed by atoms with E-state index in [0.29, 0.717) is 11.7 Å². The van der Waals surface area contributed by atoms with Crippen LogP contribution in [-0.2, 0) is 4.79 Å². The summed E-state index contributed by atoms with van der Waals surface area (Å²) in [6.45, 7) is 6.75. The fraction of sp³-hybridized carbons (Fsp3) is 0.562. The fourth-order valence-electron chi connectivity index (χ4n) is 1.97. The molecule has 0 aliphatic carbocycles. The van der Waals surface area contributed by atoms with Gasteiger partial charge >= 0.3 is 0 Å². The van der Waals surface area contributed by atoms with Gasteiger partial charge in [-0.3, -0.25) is 4.79 Å². The van der Waals surface area contributed by atoms with E-state index in [-0.39, 0.29) is 18.3 Å². The molecular weight excluding hydrogens is 255 g/mol. The number of carbonyl (C=O) groups is 1. The molecule has 0 radical (unpaired) electrons. The zero-order valence-electron chi connectivity index (χ0n) is 12.6. The molecule has 1 aromatic rings. The van der Waals surface area contributed by atoms with Crippen molar-refractivity contribution in [2.75, 3.05) is 11.9 Å². The normalized spacial score (nSPS) is 12.4. The molecule has 2 N–H and O–H groups in total. The Hall–Kier alpha value is -1.42. The van der Waals surface area contributed by atoms with Crippen molar-refractivity contribution in [1.82, 2.24) is 5.32 Å². The zero-order valence-corrected chi connectivity index (χ0v) is 12.6. The van der Waals surface area contributed by atoms with E-state index in [1.165, 1.54) is 18.6 Å². The van der Waals surface area contributed by atoms with Gasteiger partial charge in [0, 0.05) is 11.7 Å². The molecule has 0 aliphatic heterocycles. The molecule has 1 atom stereocenters. The number of halogens is 1. The van der Waals surface area contributed by atoms with Crippen molar-refractivity contribution in [1.29, 1.82) is 0 Å². The molecule has 0 spiro atoms. The molecule has 1 unspecified atom stereocenters. The van der Waals surface area contributed by atoms with E-state index in [2.05, 4.69) is 31.4 Å². The van der Waals surface area contributed by atoms with Gasteiger partial charge in [-0.05, 0) is 37.5 Å². The van der Waals surface area contributed by atoms with Gasteiger partial charge in [0.2, 0.25) is 5.91 Å². The number of benzene rings is 1. The van der Waals surface area contributed by atoms with E-state index in [1.807, 2.05) is 0 Å². The van der Waals surface area contributed by atoms with Crippen molar-refractivity contribution in [3.05, 3.63) is 30.1 Å². The Balaban J connectivity index is 2.22. The van der Waals surface area contributed by atoms with E-state index in [0.717, 1.165) is 18.8 Å². The first-order valence-corrected chi connectivity index (χ1v) is 7.26. The maximum Gasteiger partial charge on any atom is 0.238 e. The fourth-order valence-corrected chi connectivity index (χ4v) is 1.97. The summed E-state index contributed by atoms with van der Waals surface area (Å²) in [5.74, 6) is 0.225. The second-order valence-electron chi connectivity index (χ2n) is 5.67. The summed E-state index contributed by atoms with van der Waals surface area (Å²) in [6, 6.07) is 6.22. The molecule has 112 valence electrons. The van der Waals surface area contributed by atoms with Crippen molar-refractivity contribution in [3.63, 3.8) is 0 Å². The third-order valence-corrected chi connectivity index (χ3v) is 3.14. The first-order chi connectivity index (χ1) is 9.47. The predicted octanol–water partition coefficient (Wildman–Crippen LogP) is 3.57. The highest BCUT2D eigenvalue weighted by Gasteiger charge is 2.06. The standard InChI is InChI=1S/C16H25FN2O/c1-12(2)6-4-7-13(3)18-11-16(20)19-15-9-5-8-14(17)10-15/h5,8-10,12-13,18H,4,6-7,11H2,1-3H3,(H,19,20). The van der Waals surface area contributed by atoms with Gasteiger partial charge in [0.15, 0.2) is 0 Å². The van der Waals surface area contributed by atoms with Gasteiger partial charge in [-0.25, -0.2) is 4.39 Å². The molecule has 0 fully saturated rings. The van der Waals surface area contributed by atoms with Crippen molar-refractivity contribution < 1.29 is 9.18 Å². The first-order valence-electron chi connectivity index (χ1n) is 7.26. The minimum Gasteiger partial charge on any atom is -0.325 e. The Morgan fingerprint density at radius 1 is 1.25 bits per heavy atom. The second kappa shape index (κ2) is 8.69. The Labute approximate surface area is 121 Å². The van der Waals surface area contributed by atoms with Crippen LogP contribution in [0.3, 0.4) is 0 Å². The summed E-state index contributed by atoms with van der Waals surface area (Å²) >= 11 is 0. The monoisotopic (exact) mass is 280 g/mol. The van der Waals surface area contributed by atoms with Gasteiger partial charge in [0.05, 0.1) is 6.54 Å². The maximum absolute atomic E-state index is 13.0. The van der Waals surface area contributed by atoms with Gasteiger partial charge in [-0.15, -0.1) is 0 Å². The van der Waals surface area contributed by atoms with Gasteiger partial charge in [-0.1, -0.05) is 32.8 Å². The number of carbonyl (C=O) groups excluding carboxylic acids is 1. The highest BCUT2D eigenvalue weighted by molar-refractivity contribution is 5.92. The summed E-state index contributed by atoms with van der Waals surface area (Å²) in [5.41, 5.74) is 0.490. The van der Waals surface area contributed by atoms with Gasteiger partial charge in [0.1, 0.15) is 5.82 Å². The predicted molar refractivity (Wildman–Crippen MR) is 81.2 cm³/mol. The summed E-state index contributed by atoms with van der Waals surface area (Å²) in [6.07, 6.45) is 3.43. The van der Waals surface area contributed by atoms with E-state index in [1.54, 1.807) is 12.1 Å². The van der Waals surface area contributed by atoms with Crippen LogP contribution in [0.1, 0.15) is 40.0 Å². The van der Waals surface area contributed by atoms with Crippen LogP contribution in [0.4, 0.5) is 10.1 Å². The maximum atomic E-state index is 13.0. The van der Waals surface area contributed by atoms with Crippen LogP contribution in [0.5, 0.6) is 0 Å². The number of amides is 1. The Morgan fingerprint density at radius 3 is 2.65 bits per heavy atom. The third kappa shape index (κ3) is 7.24. The van der Waals surface area contributed by atoms with Gasteiger partial charge < -0.3 is 10.6 Å². The second-order valence-corrected chi connectivity index (χ2v) is 5.67. The lowest BCUT2D eigenvalue weighted by Gasteiger charge is -2.14. The number of nitrogens with one attached hydrogen (secondary N) is 2. The van der Waals surface area contributed by atoms with E-state index in [9.17, 15) is 9.18 Å². The molecule has 0 aliphatic rings. The number of hydrogen-bond acceptors (Lipinski definition) is 2. The highest BCUT2D eigenvalue weighted by Crippen LogP contribution is 2.09. The lowest BCUT2D eigenvalue weighted by Crippen LogP contribution is -2.34. The molecule has 1 rings (SSSR count). The average Bonchev–Trinajstić information content (AvgIpc) is 2.36. The van der Waals surface area contributed by atoms with Crippen LogP contribution in [0, 0.1) is 11.7 Å². The topological polar surface area (TPSA) is 41.1 Å². The van der Waals surface area contributed by atoms with Crippen LogP contribution in [0.2, 0.25) is 0 Å². The van der Waals surface area contributed by atoms with Crippen LogP contribution in [0.15, 0.2) is 24.3 Å². The minimum absolute atomic E-state index is 0.147. The largest absolute Gasteiger partial charge is 0.325 e. The summed E-state index contributed by atoms with van der Waals surface area (Å²) in [7, 11) is 0. The van der Waals surface area contributed by atoms with E-state index in [4.69, 9.17) is 0 Å². The Bertz CT molecular complexity index is 421. The first kappa shape index (κ1) is 16.6. The molecule has 0 saturated heterocycles. The SMILES string of the molecule is CC(C)CCCC(C)NCC(=O)Nc1cccc(F)c1. The zero-order chi connectivity index (χ0) is 15.0. The lowest BCUT2D eigenvalue weighted by molar-refractivity contribution is -0.115. The van der Waals surface area contributed by atoms with E-state index < -0.39 is 0 Å². The van der Waals surface area contributed by atoms with Crippen LogP contribution in [-0.4, -0.2) is 18.5 Å². The van der Waals surface area contributed by atoms with Gasteiger partial charge in [0.25, 0.3) is 0 Å². The average molecular weight is 280 g/mol. The molecule has 0 saturated carbocycles. The molecule has 0 bridgehead atoms.